The summed E-state index contributed by atoms with van der Waals surface area (Å²) in [5.41, 5.74) is 2.80. The SMILES string of the molecule is C=C(/C=C/c1ccccc1)N1CCC(C(=O)NCc2ccc(F)c(F)c2)(c2ccccc2)CC1. The highest BCUT2D eigenvalue weighted by Gasteiger charge is 2.42. The van der Waals surface area contributed by atoms with Crippen LogP contribution in [-0.2, 0) is 16.8 Å². The standard InChI is InChI=1S/C29H28F2N2O/c1-22(12-13-23-8-4-2-5-9-23)33-18-16-29(17-19-33,25-10-6-3-7-11-25)28(34)32-21-24-14-15-26(30)27(31)20-24/h2-15,20H,1,16-19,21H2,(H,32,34)/b13-12+. The fourth-order valence-corrected chi connectivity index (χ4v) is 4.44. The van der Waals surface area contributed by atoms with Crippen molar-refractivity contribution in [2.24, 2.45) is 0 Å². The molecule has 5 heteroatoms. The van der Waals surface area contributed by atoms with Crippen LogP contribution in [-0.4, -0.2) is 23.9 Å². The molecule has 3 aromatic carbocycles. The second kappa shape index (κ2) is 10.5. The molecule has 1 amide bonds. The zero-order valence-electron chi connectivity index (χ0n) is 19.0. The lowest BCUT2D eigenvalue weighted by atomic mass is 9.71. The van der Waals surface area contributed by atoms with Crippen LogP contribution in [0.3, 0.4) is 0 Å². The molecule has 4 rings (SSSR count). The van der Waals surface area contributed by atoms with Crippen LogP contribution in [0.2, 0.25) is 0 Å². The molecule has 0 aromatic heterocycles. The number of amides is 1. The minimum Gasteiger partial charge on any atom is -0.372 e. The maximum absolute atomic E-state index is 13.6. The number of rotatable bonds is 7. The van der Waals surface area contributed by atoms with Gasteiger partial charge in [0, 0.05) is 25.3 Å². The number of benzene rings is 3. The van der Waals surface area contributed by atoms with Gasteiger partial charge in [-0.2, -0.15) is 0 Å². The van der Waals surface area contributed by atoms with Gasteiger partial charge in [0.25, 0.3) is 0 Å². The van der Waals surface area contributed by atoms with E-state index < -0.39 is 17.0 Å². The van der Waals surface area contributed by atoms with Gasteiger partial charge in [0.2, 0.25) is 5.91 Å². The zero-order valence-corrected chi connectivity index (χ0v) is 19.0. The molecule has 1 saturated heterocycles. The van der Waals surface area contributed by atoms with Crippen LogP contribution in [0.25, 0.3) is 6.08 Å². The van der Waals surface area contributed by atoms with Crippen LogP contribution in [0.15, 0.2) is 97.2 Å². The molecular formula is C29H28F2N2O. The van der Waals surface area contributed by atoms with Crippen molar-refractivity contribution < 1.29 is 13.6 Å². The van der Waals surface area contributed by atoms with E-state index in [1.54, 1.807) is 0 Å². The normalized spacial score (nSPS) is 15.3. The van der Waals surface area contributed by atoms with Crippen LogP contribution < -0.4 is 5.32 Å². The van der Waals surface area contributed by atoms with E-state index in [-0.39, 0.29) is 12.5 Å². The molecule has 1 aliphatic rings. The van der Waals surface area contributed by atoms with Gasteiger partial charge in [-0.25, -0.2) is 8.78 Å². The van der Waals surface area contributed by atoms with Crippen molar-refractivity contribution in [1.29, 1.82) is 0 Å². The van der Waals surface area contributed by atoms with Crippen molar-refractivity contribution in [1.82, 2.24) is 10.2 Å². The Balaban J connectivity index is 1.46. The lowest BCUT2D eigenvalue weighted by Gasteiger charge is -2.42. The molecule has 0 aliphatic carbocycles. The third-order valence-electron chi connectivity index (χ3n) is 6.49. The largest absolute Gasteiger partial charge is 0.372 e. The highest BCUT2D eigenvalue weighted by Crippen LogP contribution is 2.37. The first-order valence-corrected chi connectivity index (χ1v) is 11.4. The number of nitrogens with one attached hydrogen (secondary N) is 1. The van der Waals surface area contributed by atoms with Crippen LogP contribution in [0, 0.1) is 11.6 Å². The number of halogens is 2. The maximum Gasteiger partial charge on any atom is 0.231 e. The lowest BCUT2D eigenvalue weighted by molar-refractivity contribution is -0.128. The predicted molar refractivity (Wildman–Crippen MR) is 132 cm³/mol. The van der Waals surface area contributed by atoms with Crippen LogP contribution in [0.1, 0.15) is 29.5 Å². The van der Waals surface area contributed by atoms with Crippen LogP contribution >= 0.6 is 0 Å². The third kappa shape index (κ3) is 5.25. The Morgan fingerprint density at radius 1 is 0.941 bits per heavy atom. The lowest BCUT2D eigenvalue weighted by Crippen LogP contribution is -2.51. The monoisotopic (exact) mass is 458 g/mol. The van der Waals surface area contributed by atoms with Gasteiger partial charge in [0.1, 0.15) is 0 Å². The summed E-state index contributed by atoms with van der Waals surface area (Å²) in [5.74, 6) is -1.92. The number of hydrogen-bond acceptors (Lipinski definition) is 2. The average molecular weight is 459 g/mol. The molecule has 0 radical (unpaired) electrons. The molecule has 1 N–H and O–H groups in total. The van der Waals surface area contributed by atoms with Crippen molar-refractivity contribution in [2.45, 2.75) is 24.8 Å². The summed E-state index contributed by atoms with van der Waals surface area (Å²) >= 11 is 0. The van der Waals surface area contributed by atoms with Crippen molar-refractivity contribution in [3.05, 3.63) is 126 Å². The summed E-state index contributed by atoms with van der Waals surface area (Å²) in [7, 11) is 0. The van der Waals surface area contributed by atoms with E-state index in [0.29, 0.717) is 31.5 Å². The quantitative estimate of drug-likeness (QED) is 0.451. The summed E-state index contributed by atoms with van der Waals surface area (Å²) in [5, 5.41) is 2.96. The summed E-state index contributed by atoms with van der Waals surface area (Å²) in [4.78, 5) is 15.7. The van der Waals surface area contributed by atoms with E-state index >= 15 is 0 Å². The molecule has 34 heavy (non-hydrogen) atoms. The van der Waals surface area contributed by atoms with E-state index in [9.17, 15) is 13.6 Å². The van der Waals surface area contributed by atoms with E-state index in [4.69, 9.17) is 0 Å². The minimum atomic E-state index is -0.917. The molecule has 3 nitrogen and oxygen atoms in total. The Hall–Kier alpha value is -3.73. The first kappa shape index (κ1) is 23.4. The number of nitrogens with zero attached hydrogens (tertiary/aromatic N) is 1. The van der Waals surface area contributed by atoms with Gasteiger partial charge in [-0.1, -0.05) is 79.4 Å². The topological polar surface area (TPSA) is 32.3 Å². The molecule has 3 aromatic rings. The van der Waals surface area contributed by atoms with Crippen LogP contribution in [0.4, 0.5) is 8.78 Å². The molecule has 0 atom stereocenters. The second-order valence-electron chi connectivity index (χ2n) is 8.60. The molecule has 1 heterocycles. The molecule has 1 aliphatic heterocycles. The first-order valence-electron chi connectivity index (χ1n) is 11.4. The third-order valence-corrected chi connectivity index (χ3v) is 6.49. The second-order valence-corrected chi connectivity index (χ2v) is 8.60. The number of carbonyl (C=O) groups excluding carboxylic acids is 1. The Morgan fingerprint density at radius 3 is 2.24 bits per heavy atom. The van der Waals surface area contributed by atoms with E-state index in [2.05, 4.69) is 16.8 Å². The van der Waals surface area contributed by atoms with Crippen molar-refractivity contribution in [3.63, 3.8) is 0 Å². The fraction of sp³-hybridized carbons (Fsp3) is 0.207. The highest BCUT2D eigenvalue weighted by atomic mass is 19.2. The maximum atomic E-state index is 13.6. The summed E-state index contributed by atoms with van der Waals surface area (Å²) in [6.07, 6.45) is 5.29. The van der Waals surface area contributed by atoms with Gasteiger partial charge < -0.3 is 10.2 Å². The van der Waals surface area contributed by atoms with Crippen molar-refractivity contribution in [2.75, 3.05) is 13.1 Å². The van der Waals surface area contributed by atoms with E-state index in [1.165, 1.54) is 6.07 Å². The predicted octanol–water partition coefficient (Wildman–Crippen LogP) is 5.84. The highest BCUT2D eigenvalue weighted by molar-refractivity contribution is 5.88. The van der Waals surface area contributed by atoms with Crippen molar-refractivity contribution in [3.8, 4) is 0 Å². The van der Waals surface area contributed by atoms with Gasteiger partial charge >= 0.3 is 0 Å². The van der Waals surface area contributed by atoms with Gasteiger partial charge in [-0.05, 0) is 47.7 Å². The van der Waals surface area contributed by atoms with Gasteiger partial charge in [0.15, 0.2) is 11.6 Å². The van der Waals surface area contributed by atoms with Gasteiger partial charge in [-0.15, -0.1) is 0 Å². The van der Waals surface area contributed by atoms with Crippen LogP contribution in [0.5, 0.6) is 0 Å². The smallest absolute Gasteiger partial charge is 0.231 e. The first-order chi connectivity index (χ1) is 16.5. The number of allylic oxidation sites excluding steroid dienone is 1. The molecule has 0 spiro atoms. The molecule has 0 saturated carbocycles. The molecule has 174 valence electrons. The number of likely N-dealkylation sites (tertiary alicyclic amines) is 1. The molecule has 0 unspecified atom stereocenters. The van der Waals surface area contributed by atoms with Gasteiger partial charge in [-0.3, -0.25) is 4.79 Å². The Kier molecular flexibility index (Phi) is 7.21. The minimum absolute atomic E-state index is 0.103. The summed E-state index contributed by atoms with van der Waals surface area (Å²) in [6, 6.07) is 23.5. The van der Waals surface area contributed by atoms with Gasteiger partial charge in [0.05, 0.1) is 5.41 Å². The average Bonchev–Trinajstić information content (AvgIpc) is 2.89. The zero-order chi connectivity index (χ0) is 24.0. The van der Waals surface area contributed by atoms with Crippen molar-refractivity contribution >= 4 is 12.0 Å². The van der Waals surface area contributed by atoms with E-state index in [1.807, 2.05) is 72.8 Å². The summed E-state index contributed by atoms with van der Waals surface area (Å²) < 4.78 is 26.8. The fourth-order valence-electron chi connectivity index (χ4n) is 4.44. The molecular weight excluding hydrogens is 430 g/mol. The summed E-state index contributed by atoms with van der Waals surface area (Å²) in [6.45, 7) is 5.73. The molecule has 1 fully saturated rings. The Bertz CT molecular complexity index is 1170. The number of hydrogen-bond donors (Lipinski definition) is 1. The van der Waals surface area contributed by atoms with E-state index in [0.717, 1.165) is 29.0 Å². The Morgan fingerprint density at radius 2 is 1.59 bits per heavy atom. The Labute approximate surface area is 199 Å². The number of carbonyl (C=O) groups is 1. The number of piperidine rings is 1. The molecule has 0 bridgehead atoms.